The largest absolute Gasteiger partial charge is 0.352 e. The van der Waals surface area contributed by atoms with E-state index in [1.54, 1.807) is 10.9 Å². The first kappa shape index (κ1) is 18.0. The quantitative estimate of drug-likeness (QED) is 0.759. The lowest BCUT2D eigenvalue weighted by Gasteiger charge is -2.35. The van der Waals surface area contributed by atoms with Gasteiger partial charge in [0.2, 0.25) is 0 Å². The van der Waals surface area contributed by atoms with Gasteiger partial charge in [-0.2, -0.15) is 5.10 Å². The summed E-state index contributed by atoms with van der Waals surface area (Å²) in [6.45, 7) is 6.78. The molecule has 0 saturated carbocycles. The minimum absolute atomic E-state index is 0.0616. The Morgan fingerprint density at radius 3 is 2.39 bits per heavy atom. The van der Waals surface area contributed by atoms with Gasteiger partial charge in [-0.1, -0.05) is 12.1 Å². The number of hydrogen-bond donors (Lipinski definition) is 1. The molecule has 2 aromatic heterocycles. The van der Waals surface area contributed by atoms with Gasteiger partial charge in [-0.05, 0) is 49.2 Å². The third-order valence-electron chi connectivity index (χ3n) is 5.11. The number of hydrogen-bond acceptors (Lipinski definition) is 5. The molecule has 1 fully saturated rings. The number of carbonyl (C=O) groups excluding carboxylic acids is 1. The van der Waals surface area contributed by atoms with Crippen molar-refractivity contribution in [3.8, 4) is 5.82 Å². The third-order valence-corrected chi connectivity index (χ3v) is 5.11. The summed E-state index contributed by atoms with van der Waals surface area (Å²) in [6.07, 6.45) is 3.54. The Bertz CT molecular complexity index is 945. The van der Waals surface area contributed by atoms with Gasteiger partial charge in [0.05, 0.1) is 0 Å². The van der Waals surface area contributed by atoms with Crippen molar-refractivity contribution in [2.45, 2.75) is 13.8 Å². The van der Waals surface area contributed by atoms with Gasteiger partial charge in [-0.15, -0.1) is 10.2 Å². The number of nitrogens with zero attached hydrogens (tertiary/aromatic N) is 6. The molecule has 0 bridgehead atoms. The number of urea groups is 1. The molecular weight excluding hydrogens is 354 g/mol. The summed E-state index contributed by atoms with van der Waals surface area (Å²) >= 11 is 0. The zero-order chi connectivity index (χ0) is 19.5. The van der Waals surface area contributed by atoms with Crippen molar-refractivity contribution in [1.82, 2.24) is 24.9 Å². The number of nitrogens with one attached hydrogen (secondary N) is 1. The predicted octanol–water partition coefficient (Wildman–Crippen LogP) is 2.63. The molecule has 4 rings (SSSR count). The fourth-order valence-corrected chi connectivity index (χ4v) is 3.23. The van der Waals surface area contributed by atoms with Gasteiger partial charge < -0.3 is 15.1 Å². The van der Waals surface area contributed by atoms with Crippen LogP contribution in [-0.4, -0.2) is 57.1 Å². The van der Waals surface area contributed by atoms with E-state index >= 15 is 0 Å². The van der Waals surface area contributed by atoms with Crippen molar-refractivity contribution in [3.05, 3.63) is 59.9 Å². The van der Waals surface area contributed by atoms with Gasteiger partial charge in [0.15, 0.2) is 11.6 Å². The summed E-state index contributed by atoms with van der Waals surface area (Å²) in [7, 11) is 0. The Morgan fingerprint density at radius 1 is 0.964 bits per heavy atom. The van der Waals surface area contributed by atoms with Crippen LogP contribution in [0.1, 0.15) is 11.1 Å². The summed E-state index contributed by atoms with van der Waals surface area (Å²) in [6, 6.07) is 11.6. The van der Waals surface area contributed by atoms with E-state index in [0.29, 0.717) is 18.9 Å². The van der Waals surface area contributed by atoms with Crippen LogP contribution in [0.15, 0.2) is 48.8 Å². The van der Waals surface area contributed by atoms with Gasteiger partial charge in [0.25, 0.3) is 0 Å². The second-order valence-corrected chi connectivity index (χ2v) is 6.85. The van der Waals surface area contributed by atoms with E-state index in [9.17, 15) is 4.79 Å². The number of carbonyl (C=O) groups is 1. The molecule has 0 unspecified atom stereocenters. The van der Waals surface area contributed by atoms with Crippen LogP contribution in [0.5, 0.6) is 0 Å². The number of aromatic nitrogens is 4. The van der Waals surface area contributed by atoms with Gasteiger partial charge in [0.1, 0.15) is 0 Å². The molecule has 2 amide bonds. The van der Waals surface area contributed by atoms with Crippen LogP contribution in [0.25, 0.3) is 5.82 Å². The topological polar surface area (TPSA) is 79.2 Å². The number of anilines is 2. The molecule has 1 N–H and O–H groups in total. The Balaban J connectivity index is 1.35. The SMILES string of the molecule is Cc1cccc(NC(=O)N2CCN(c3ccc(-n4cccn4)nn3)CC2)c1C. The predicted molar refractivity (Wildman–Crippen MR) is 108 cm³/mol. The molecule has 8 nitrogen and oxygen atoms in total. The lowest BCUT2D eigenvalue weighted by molar-refractivity contribution is 0.208. The van der Waals surface area contributed by atoms with E-state index in [4.69, 9.17) is 0 Å². The molecule has 0 spiro atoms. The highest BCUT2D eigenvalue weighted by Crippen LogP contribution is 2.19. The molecule has 0 atom stereocenters. The summed E-state index contributed by atoms with van der Waals surface area (Å²) in [5.41, 5.74) is 3.13. The fraction of sp³-hybridized carbons (Fsp3) is 0.300. The summed E-state index contributed by atoms with van der Waals surface area (Å²) in [5, 5.41) is 15.7. The summed E-state index contributed by atoms with van der Waals surface area (Å²) in [4.78, 5) is 16.6. The highest BCUT2D eigenvalue weighted by molar-refractivity contribution is 5.90. The lowest BCUT2D eigenvalue weighted by atomic mass is 10.1. The van der Waals surface area contributed by atoms with Crippen LogP contribution in [0, 0.1) is 13.8 Å². The first-order chi connectivity index (χ1) is 13.6. The van der Waals surface area contributed by atoms with E-state index in [0.717, 1.165) is 30.2 Å². The molecule has 0 aliphatic carbocycles. The summed E-state index contributed by atoms with van der Waals surface area (Å²) < 4.78 is 1.67. The normalized spacial score (nSPS) is 14.2. The standard InChI is InChI=1S/C20H23N7O/c1-15-5-3-6-17(16(15)2)22-20(28)26-13-11-25(12-14-26)18-7-8-19(24-23-18)27-10-4-9-21-27/h3-10H,11-14H2,1-2H3,(H,22,28). The van der Waals surface area contributed by atoms with Gasteiger partial charge in [-0.3, -0.25) is 0 Å². The monoisotopic (exact) mass is 377 g/mol. The summed E-state index contributed by atoms with van der Waals surface area (Å²) in [5.74, 6) is 1.49. The first-order valence-electron chi connectivity index (χ1n) is 9.32. The van der Waals surface area contributed by atoms with Crippen LogP contribution in [-0.2, 0) is 0 Å². The molecule has 8 heteroatoms. The van der Waals surface area contributed by atoms with Crippen molar-refractivity contribution in [1.29, 1.82) is 0 Å². The molecule has 3 heterocycles. The molecule has 3 aromatic rings. The van der Waals surface area contributed by atoms with E-state index in [-0.39, 0.29) is 6.03 Å². The van der Waals surface area contributed by atoms with E-state index in [1.165, 1.54) is 5.56 Å². The minimum atomic E-state index is -0.0616. The Labute approximate surface area is 163 Å². The number of amides is 2. The molecule has 0 radical (unpaired) electrons. The minimum Gasteiger partial charge on any atom is -0.352 e. The number of piperazine rings is 1. The van der Waals surface area contributed by atoms with Crippen LogP contribution < -0.4 is 10.2 Å². The second-order valence-electron chi connectivity index (χ2n) is 6.85. The maximum Gasteiger partial charge on any atom is 0.321 e. The lowest BCUT2D eigenvalue weighted by Crippen LogP contribution is -2.50. The number of rotatable bonds is 3. The highest BCUT2D eigenvalue weighted by atomic mass is 16.2. The van der Waals surface area contributed by atoms with Crippen molar-refractivity contribution in [2.24, 2.45) is 0 Å². The van der Waals surface area contributed by atoms with Gasteiger partial charge in [-0.25, -0.2) is 9.48 Å². The Kier molecular flexibility index (Phi) is 4.92. The average Bonchev–Trinajstić information content (AvgIpc) is 3.26. The van der Waals surface area contributed by atoms with Crippen LogP contribution in [0.2, 0.25) is 0 Å². The molecule has 1 saturated heterocycles. The molecule has 1 aliphatic heterocycles. The molecule has 28 heavy (non-hydrogen) atoms. The highest BCUT2D eigenvalue weighted by Gasteiger charge is 2.22. The van der Waals surface area contributed by atoms with Crippen molar-refractivity contribution >= 4 is 17.5 Å². The molecular formula is C20H23N7O. The van der Waals surface area contributed by atoms with E-state index < -0.39 is 0 Å². The maximum absolute atomic E-state index is 12.6. The molecule has 144 valence electrons. The van der Waals surface area contributed by atoms with Crippen molar-refractivity contribution in [2.75, 3.05) is 36.4 Å². The van der Waals surface area contributed by atoms with Crippen molar-refractivity contribution in [3.63, 3.8) is 0 Å². The van der Waals surface area contributed by atoms with E-state index in [2.05, 4.69) is 25.5 Å². The van der Waals surface area contributed by atoms with Crippen LogP contribution >= 0.6 is 0 Å². The zero-order valence-corrected chi connectivity index (χ0v) is 16.0. The zero-order valence-electron chi connectivity index (χ0n) is 16.0. The number of aryl methyl sites for hydroxylation is 1. The van der Waals surface area contributed by atoms with Gasteiger partial charge in [0, 0.05) is 44.3 Å². The fourth-order valence-electron chi connectivity index (χ4n) is 3.23. The maximum atomic E-state index is 12.6. The van der Waals surface area contributed by atoms with Crippen LogP contribution in [0.4, 0.5) is 16.3 Å². The van der Waals surface area contributed by atoms with Crippen molar-refractivity contribution < 1.29 is 4.79 Å². The average molecular weight is 377 g/mol. The molecule has 1 aromatic carbocycles. The van der Waals surface area contributed by atoms with Crippen LogP contribution in [0.3, 0.4) is 0 Å². The third kappa shape index (κ3) is 3.66. The Morgan fingerprint density at radius 2 is 1.71 bits per heavy atom. The number of benzene rings is 1. The second kappa shape index (κ2) is 7.67. The van der Waals surface area contributed by atoms with Gasteiger partial charge >= 0.3 is 6.03 Å². The first-order valence-corrected chi connectivity index (χ1v) is 9.32. The Hall–Kier alpha value is -3.42. The van der Waals surface area contributed by atoms with E-state index in [1.807, 2.05) is 61.3 Å². The molecule has 1 aliphatic rings. The smallest absolute Gasteiger partial charge is 0.321 e.